The Labute approximate surface area is 138 Å². The lowest BCUT2D eigenvalue weighted by atomic mass is 9.89. The summed E-state index contributed by atoms with van der Waals surface area (Å²) in [5.41, 5.74) is 1.69. The highest BCUT2D eigenvalue weighted by Crippen LogP contribution is 2.22. The third-order valence-corrected chi connectivity index (χ3v) is 4.14. The summed E-state index contributed by atoms with van der Waals surface area (Å²) in [6.07, 6.45) is 15.7. The number of hydrogen-bond donors (Lipinski definition) is 1. The van der Waals surface area contributed by atoms with Gasteiger partial charge in [-0.15, -0.1) is 0 Å². The molecule has 1 rings (SSSR count). The molecule has 1 aromatic rings. The predicted molar refractivity (Wildman–Crippen MR) is 96.1 cm³/mol. The Balaban J connectivity index is 1.73. The fraction of sp³-hybridized carbons (Fsp3) is 0.800. The molecule has 2 heteroatoms. The van der Waals surface area contributed by atoms with Crippen molar-refractivity contribution in [2.45, 2.75) is 91.6 Å². The molecule has 0 spiro atoms. The zero-order valence-electron chi connectivity index (χ0n) is 15.1. The summed E-state index contributed by atoms with van der Waals surface area (Å²) >= 11 is 0. The Morgan fingerprint density at radius 1 is 0.864 bits per heavy atom. The van der Waals surface area contributed by atoms with Gasteiger partial charge in [-0.25, -0.2) is 0 Å². The second kappa shape index (κ2) is 11.8. The average molecular weight is 308 g/mol. The lowest BCUT2D eigenvalue weighted by Crippen LogP contribution is -2.03. The van der Waals surface area contributed by atoms with Crippen LogP contribution in [0.4, 0.5) is 0 Å². The molecule has 0 unspecified atom stereocenters. The van der Waals surface area contributed by atoms with Crippen LogP contribution in [0.3, 0.4) is 0 Å². The number of aromatic amines is 1. The average Bonchev–Trinajstić information content (AvgIpc) is 2.96. The molecular formula is C20H37NO. The van der Waals surface area contributed by atoms with E-state index in [1.807, 2.05) is 12.3 Å². The van der Waals surface area contributed by atoms with E-state index in [4.69, 9.17) is 4.74 Å². The second-order valence-electron chi connectivity index (χ2n) is 7.74. The molecule has 0 fully saturated rings. The zero-order chi connectivity index (χ0) is 16.1. The second-order valence-corrected chi connectivity index (χ2v) is 7.74. The molecule has 1 N–H and O–H groups in total. The van der Waals surface area contributed by atoms with Gasteiger partial charge in [-0.05, 0) is 30.4 Å². The van der Waals surface area contributed by atoms with Gasteiger partial charge in [0.05, 0.1) is 6.61 Å². The molecule has 0 aromatic carbocycles. The maximum absolute atomic E-state index is 5.65. The summed E-state index contributed by atoms with van der Waals surface area (Å²) in [4.78, 5) is 3.16. The minimum atomic E-state index is 0.517. The van der Waals surface area contributed by atoms with Crippen LogP contribution < -0.4 is 0 Å². The molecule has 0 saturated carbocycles. The van der Waals surface area contributed by atoms with Gasteiger partial charge in [0, 0.05) is 18.5 Å². The standard InChI is InChI=1S/C20H37NO/c1-20(2,3)15-11-9-7-5-4-6-8-10-12-17-22-18-19-14-13-16-21-19/h13-14,16,21H,4-12,15,17-18H2,1-3H3. The molecule has 2 nitrogen and oxygen atoms in total. The molecule has 0 aliphatic rings. The Bertz CT molecular complexity index is 337. The minimum absolute atomic E-state index is 0.517. The molecule has 0 atom stereocenters. The summed E-state index contributed by atoms with van der Waals surface area (Å²) in [5, 5.41) is 0. The molecule has 22 heavy (non-hydrogen) atoms. The SMILES string of the molecule is CC(C)(C)CCCCCCCCCCCOCc1ccc[nH]1. The lowest BCUT2D eigenvalue weighted by Gasteiger charge is -2.17. The number of aromatic nitrogens is 1. The van der Waals surface area contributed by atoms with E-state index in [0.717, 1.165) is 13.2 Å². The number of ether oxygens (including phenoxy) is 1. The number of H-pyrrole nitrogens is 1. The minimum Gasteiger partial charge on any atom is -0.375 e. The third kappa shape index (κ3) is 11.9. The molecule has 128 valence electrons. The Morgan fingerprint density at radius 2 is 1.45 bits per heavy atom. The smallest absolute Gasteiger partial charge is 0.0865 e. The van der Waals surface area contributed by atoms with E-state index in [2.05, 4.69) is 31.8 Å². The first-order valence-electron chi connectivity index (χ1n) is 9.28. The fourth-order valence-corrected chi connectivity index (χ4v) is 2.74. The van der Waals surface area contributed by atoms with Gasteiger partial charge in [0.1, 0.15) is 0 Å². The van der Waals surface area contributed by atoms with Crippen LogP contribution >= 0.6 is 0 Å². The number of hydrogen-bond acceptors (Lipinski definition) is 1. The number of nitrogens with one attached hydrogen (secondary N) is 1. The topological polar surface area (TPSA) is 25.0 Å². The van der Waals surface area contributed by atoms with Crippen LogP contribution in [0.15, 0.2) is 18.3 Å². The van der Waals surface area contributed by atoms with Crippen molar-refractivity contribution in [1.82, 2.24) is 4.98 Å². The van der Waals surface area contributed by atoms with Crippen molar-refractivity contribution in [2.75, 3.05) is 6.61 Å². The van der Waals surface area contributed by atoms with Crippen LogP contribution in [-0.2, 0) is 11.3 Å². The number of rotatable bonds is 13. The third-order valence-electron chi connectivity index (χ3n) is 4.14. The van der Waals surface area contributed by atoms with Crippen molar-refractivity contribution in [3.05, 3.63) is 24.0 Å². The van der Waals surface area contributed by atoms with Gasteiger partial charge >= 0.3 is 0 Å². The van der Waals surface area contributed by atoms with Crippen LogP contribution in [0.1, 0.15) is 90.7 Å². The van der Waals surface area contributed by atoms with Gasteiger partial charge in [-0.1, -0.05) is 72.1 Å². The van der Waals surface area contributed by atoms with E-state index >= 15 is 0 Å². The van der Waals surface area contributed by atoms with Crippen molar-refractivity contribution in [3.63, 3.8) is 0 Å². The molecule has 0 radical (unpaired) electrons. The molecule has 0 saturated heterocycles. The van der Waals surface area contributed by atoms with Crippen molar-refractivity contribution in [2.24, 2.45) is 5.41 Å². The van der Waals surface area contributed by atoms with Gasteiger partial charge in [0.15, 0.2) is 0 Å². The van der Waals surface area contributed by atoms with E-state index in [1.54, 1.807) is 0 Å². The maximum atomic E-state index is 5.65. The van der Waals surface area contributed by atoms with Crippen LogP contribution in [0, 0.1) is 5.41 Å². The highest BCUT2D eigenvalue weighted by atomic mass is 16.5. The zero-order valence-corrected chi connectivity index (χ0v) is 15.1. The summed E-state index contributed by atoms with van der Waals surface area (Å²) in [5.74, 6) is 0. The van der Waals surface area contributed by atoms with Crippen LogP contribution in [0.2, 0.25) is 0 Å². The van der Waals surface area contributed by atoms with E-state index in [1.165, 1.54) is 69.9 Å². The van der Waals surface area contributed by atoms with E-state index < -0.39 is 0 Å². The van der Waals surface area contributed by atoms with Crippen LogP contribution in [0.5, 0.6) is 0 Å². The van der Waals surface area contributed by atoms with Gasteiger partial charge in [0.25, 0.3) is 0 Å². The quantitative estimate of drug-likeness (QED) is 0.414. The van der Waals surface area contributed by atoms with E-state index in [9.17, 15) is 0 Å². The molecular weight excluding hydrogens is 270 g/mol. The summed E-state index contributed by atoms with van der Waals surface area (Å²) in [6, 6.07) is 4.09. The van der Waals surface area contributed by atoms with Crippen molar-refractivity contribution in [1.29, 1.82) is 0 Å². The van der Waals surface area contributed by atoms with Crippen molar-refractivity contribution >= 4 is 0 Å². The van der Waals surface area contributed by atoms with Crippen molar-refractivity contribution in [3.8, 4) is 0 Å². The first kappa shape index (κ1) is 19.3. The predicted octanol–water partition coefficient (Wildman–Crippen LogP) is 6.48. The first-order chi connectivity index (χ1) is 10.6. The summed E-state index contributed by atoms with van der Waals surface area (Å²) in [7, 11) is 0. The molecule has 0 amide bonds. The highest BCUT2D eigenvalue weighted by molar-refractivity contribution is 5.01. The van der Waals surface area contributed by atoms with Gasteiger partial charge in [0.2, 0.25) is 0 Å². The van der Waals surface area contributed by atoms with Crippen LogP contribution in [-0.4, -0.2) is 11.6 Å². The lowest BCUT2D eigenvalue weighted by molar-refractivity contribution is 0.114. The Hall–Kier alpha value is -0.760. The Morgan fingerprint density at radius 3 is 2.00 bits per heavy atom. The first-order valence-corrected chi connectivity index (χ1v) is 9.28. The molecule has 0 aliphatic carbocycles. The van der Waals surface area contributed by atoms with Crippen molar-refractivity contribution < 1.29 is 4.74 Å². The fourth-order valence-electron chi connectivity index (χ4n) is 2.74. The maximum Gasteiger partial charge on any atom is 0.0865 e. The van der Waals surface area contributed by atoms with E-state index in [-0.39, 0.29) is 0 Å². The van der Waals surface area contributed by atoms with Gasteiger partial charge in [-0.2, -0.15) is 0 Å². The number of unbranched alkanes of at least 4 members (excludes halogenated alkanes) is 8. The highest BCUT2D eigenvalue weighted by Gasteiger charge is 2.08. The summed E-state index contributed by atoms with van der Waals surface area (Å²) in [6.45, 7) is 8.64. The molecule has 0 bridgehead atoms. The van der Waals surface area contributed by atoms with Crippen LogP contribution in [0.25, 0.3) is 0 Å². The van der Waals surface area contributed by atoms with Gasteiger partial charge in [-0.3, -0.25) is 0 Å². The summed E-state index contributed by atoms with van der Waals surface area (Å²) < 4.78 is 5.65. The molecule has 0 aliphatic heterocycles. The largest absolute Gasteiger partial charge is 0.375 e. The monoisotopic (exact) mass is 307 g/mol. The van der Waals surface area contributed by atoms with Gasteiger partial charge < -0.3 is 9.72 Å². The molecule has 1 heterocycles. The molecule has 1 aromatic heterocycles. The van der Waals surface area contributed by atoms with E-state index in [0.29, 0.717) is 5.41 Å². The Kier molecular flexibility index (Phi) is 10.3. The normalized spacial score (nSPS) is 12.0.